The van der Waals surface area contributed by atoms with Crippen LogP contribution in [0.5, 0.6) is 5.75 Å². The molecule has 0 saturated heterocycles. The molecule has 0 heterocycles. The number of ether oxygens (including phenoxy) is 2. The first kappa shape index (κ1) is 21.4. The van der Waals surface area contributed by atoms with E-state index in [1.807, 2.05) is 48.5 Å². The molecule has 4 rings (SSSR count). The van der Waals surface area contributed by atoms with Crippen LogP contribution in [0.3, 0.4) is 0 Å². The zero-order chi connectivity index (χ0) is 21.8. The highest BCUT2D eigenvalue weighted by Gasteiger charge is 2.52. The second-order valence-corrected chi connectivity index (χ2v) is 8.60. The number of hydrogen-bond acceptors (Lipinski definition) is 4. The number of rotatable bonds is 8. The molecule has 1 aliphatic rings. The van der Waals surface area contributed by atoms with Gasteiger partial charge < -0.3 is 9.47 Å². The minimum Gasteiger partial charge on any atom is -0.489 e. The minimum atomic E-state index is -0.488. The zero-order valence-electron chi connectivity index (χ0n) is 17.1. The maximum absolute atomic E-state index is 13.7. The summed E-state index contributed by atoms with van der Waals surface area (Å²) in [6.45, 7) is -0.0307. The van der Waals surface area contributed by atoms with Crippen LogP contribution in [0.2, 0.25) is 0 Å². The van der Waals surface area contributed by atoms with Gasteiger partial charge in [0.2, 0.25) is 0 Å². The first-order valence-electron chi connectivity index (χ1n) is 9.98. The highest BCUT2D eigenvalue weighted by atomic mass is 32.2. The number of carbonyl (C=O) groups is 1. The van der Waals surface area contributed by atoms with Crippen molar-refractivity contribution < 1.29 is 23.0 Å². The van der Waals surface area contributed by atoms with Gasteiger partial charge in [-0.15, -0.1) is 11.8 Å². The number of benzene rings is 3. The number of esters is 1. The van der Waals surface area contributed by atoms with Gasteiger partial charge in [0.25, 0.3) is 0 Å². The zero-order valence-corrected chi connectivity index (χ0v) is 17.9. The third kappa shape index (κ3) is 4.90. The molecular formula is C25H22F2O3S. The van der Waals surface area contributed by atoms with Gasteiger partial charge in [-0.1, -0.05) is 24.3 Å². The molecule has 6 heteroatoms. The molecule has 0 N–H and O–H groups in total. The molecule has 0 aromatic heterocycles. The molecule has 1 fully saturated rings. The fraction of sp³-hybridized carbons (Fsp3) is 0.240. The molecule has 0 amide bonds. The van der Waals surface area contributed by atoms with Gasteiger partial charge in [0, 0.05) is 16.2 Å². The Labute approximate surface area is 184 Å². The summed E-state index contributed by atoms with van der Waals surface area (Å²) in [5.74, 6) is 0.243. The third-order valence-electron chi connectivity index (χ3n) is 5.46. The molecule has 3 aromatic carbocycles. The van der Waals surface area contributed by atoms with E-state index < -0.39 is 17.0 Å². The van der Waals surface area contributed by atoms with E-state index in [2.05, 4.69) is 0 Å². The van der Waals surface area contributed by atoms with Crippen molar-refractivity contribution in [1.29, 1.82) is 0 Å². The van der Waals surface area contributed by atoms with E-state index in [0.29, 0.717) is 5.75 Å². The summed E-state index contributed by atoms with van der Waals surface area (Å²) in [5.41, 5.74) is 1.87. The van der Waals surface area contributed by atoms with Crippen LogP contribution in [-0.2, 0) is 27.3 Å². The lowest BCUT2D eigenvalue weighted by Gasteiger charge is -2.13. The normalized spacial score (nSPS) is 14.2. The summed E-state index contributed by atoms with van der Waals surface area (Å²) in [6.07, 6.45) is 1.68. The van der Waals surface area contributed by atoms with Crippen LogP contribution in [0.4, 0.5) is 8.78 Å². The van der Waals surface area contributed by atoms with Crippen molar-refractivity contribution in [2.45, 2.75) is 35.5 Å². The standard InChI is InChI=1S/C25H22F2O3S/c1-29-24(28)25(12-13-25)19-4-9-22(10-5-19)31-16-17-2-7-21(8-3-17)30-15-18-14-20(26)6-11-23(18)27/h2-11,14H,12-13,15-16H2,1H3. The summed E-state index contributed by atoms with van der Waals surface area (Å²) in [4.78, 5) is 13.1. The molecule has 0 aliphatic heterocycles. The van der Waals surface area contributed by atoms with Gasteiger partial charge in [0.1, 0.15) is 24.0 Å². The van der Waals surface area contributed by atoms with Crippen LogP contribution in [-0.4, -0.2) is 13.1 Å². The smallest absolute Gasteiger partial charge is 0.316 e. The van der Waals surface area contributed by atoms with Gasteiger partial charge in [-0.25, -0.2) is 8.78 Å². The predicted octanol–water partition coefficient (Wildman–Crippen LogP) is 6.04. The molecule has 0 atom stereocenters. The molecule has 3 aromatic rings. The average Bonchev–Trinajstić information content (AvgIpc) is 3.61. The van der Waals surface area contributed by atoms with Crippen molar-refractivity contribution in [1.82, 2.24) is 0 Å². The van der Waals surface area contributed by atoms with E-state index in [4.69, 9.17) is 9.47 Å². The number of methoxy groups -OCH3 is 1. The van der Waals surface area contributed by atoms with E-state index in [1.165, 1.54) is 7.11 Å². The van der Waals surface area contributed by atoms with E-state index >= 15 is 0 Å². The minimum absolute atomic E-state index is 0.0307. The van der Waals surface area contributed by atoms with Crippen LogP contribution in [0.25, 0.3) is 0 Å². The number of thioether (sulfide) groups is 1. The van der Waals surface area contributed by atoms with Gasteiger partial charge in [-0.3, -0.25) is 4.79 Å². The van der Waals surface area contributed by atoms with Crippen molar-refractivity contribution >= 4 is 17.7 Å². The first-order valence-corrected chi connectivity index (χ1v) is 11.0. The molecule has 0 spiro atoms. The van der Waals surface area contributed by atoms with Gasteiger partial charge in [-0.05, 0) is 66.4 Å². The fourth-order valence-corrected chi connectivity index (χ4v) is 4.32. The van der Waals surface area contributed by atoms with E-state index in [-0.39, 0.29) is 18.1 Å². The van der Waals surface area contributed by atoms with E-state index in [9.17, 15) is 13.6 Å². The SMILES string of the molecule is COC(=O)C1(c2ccc(SCc3ccc(OCc4cc(F)ccc4F)cc3)cc2)CC1. The van der Waals surface area contributed by atoms with Crippen LogP contribution < -0.4 is 4.74 Å². The summed E-state index contributed by atoms with van der Waals surface area (Å²) >= 11 is 1.70. The average molecular weight is 441 g/mol. The Balaban J connectivity index is 1.30. The molecule has 160 valence electrons. The number of halogens is 2. The van der Waals surface area contributed by atoms with Crippen molar-refractivity contribution in [3.8, 4) is 5.75 Å². The van der Waals surface area contributed by atoms with Crippen molar-refractivity contribution in [2.75, 3.05) is 7.11 Å². The second-order valence-electron chi connectivity index (χ2n) is 7.56. The van der Waals surface area contributed by atoms with E-state index in [1.54, 1.807) is 11.8 Å². The van der Waals surface area contributed by atoms with Crippen molar-refractivity contribution in [3.05, 3.63) is 95.1 Å². The number of hydrogen-bond donors (Lipinski definition) is 0. The molecule has 31 heavy (non-hydrogen) atoms. The Morgan fingerprint density at radius 2 is 1.71 bits per heavy atom. The summed E-state index contributed by atoms with van der Waals surface area (Å²) in [6, 6.07) is 19.0. The van der Waals surface area contributed by atoms with Gasteiger partial charge in [0.05, 0.1) is 12.5 Å². The molecule has 3 nitrogen and oxygen atoms in total. The molecule has 1 aliphatic carbocycles. The van der Waals surface area contributed by atoms with E-state index in [0.717, 1.165) is 52.8 Å². The monoisotopic (exact) mass is 440 g/mol. The topological polar surface area (TPSA) is 35.5 Å². The maximum Gasteiger partial charge on any atom is 0.316 e. The molecule has 0 radical (unpaired) electrons. The van der Waals surface area contributed by atoms with Crippen molar-refractivity contribution in [2.24, 2.45) is 0 Å². The summed E-state index contributed by atoms with van der Waals surface area (Å²) < 4.78 is 37.4. The van der Waals surface area contributed by atoms with Crippen LogP contribution in [0.1, 0.15) is 29.5 Å². The lowest BCUT2D eigenvalue weighted by Crippen LogP contribution is -2.21. The summed E-state index contributed by atoms with van der Waals surface area (Å²) in [7, 11) is 1.43. The first-order chi connectivity index (χ1) is 15.0. The fourth-order valence-electron chi connectivity index (χ4n) is 3.46. The Bertz CT molecular complexity index is 1060. The number of carbonyl (C=O) groups excluding carboxylic acids is 1. The summed E-state index contributed by atoms with van der Waals surface area (Å²) in [5, 5.41) is 0. The Morgan fingerprint density at radius 1 is 1.00 bits per heavy atom. The molecule has 1 saturated carbocycles. The lowest BCUT2D eigenvalue weighted by molar-refractivity contribution is -0.143. The quantitative estimate of drug-likeness (QED) is 0.316. The highest BCUT2D eigenvalue weighted by Crippen LogP contribution is 2.49. The van der Waals surface area contributed by atoms with Crippen LogP contribution in [0.15, 0.2) is 71.6 Å². The largest absolute Gasteiger partial charge is 0.489 e. The Hall–Kier alpha value is -2.86. The van der Waals surface area contributed by atoms with Gasteiger partial charge >= 0.3 is 5.97 Å². The molecule has 0 bridgehead atoms. The van der Waals surface area contributed by atoms with Gasteiger partial charge in [0.15, 0.2) is 0 Å². The van der Waals surface area contributed by atoms with Crippen molar-refractivity contribution in [3.63, 3.8) is 0 Å². The van der Waals surface area contributed by atoms with Crippen LogP contribution >= 0.6 is 11.8 Å². The lowest BCUT2D eigenvalue weighted by atomic mass is 9.96. The maximum atomic E-state index is 13.7. The Morgan fingerprint density at radius 3 is 2.35 bits per heavy atom. The highest BCUT2D eigenvalue weighted by molar-refractivity contribution is 7.98. The van der Waals surface area contributed by atoms with Gasteiger partial charge in [-0.2, -0.15) is 0 Å². The molecular weight excluding hydrogens is 418 g/mol. The second kappa shape index (κ2) is 9.10. The van der Waals surface area contributed by atoms with Crippen LogP contribution in [0, 0.1) is 11.6 Å². The molecule has 0 unspecified atom stereocenters. The third-order valence-corrected chi connectivity index (χ3v) is 6.55. The predicted molar refractivity (Wildman–Crippen MR) is 116 cm³/mol. The Kier molecular flexibility index (Phi) is 6.28.